The van der Waals surface area contributed by atoms with Crippen molar-refractivity contribution in [3.8, 4) is 0 Å². The number of carbonyl (C=O) groups is 1. The zero-order valence-corrected chi connectivity index (χ0v) is 15.8. The summed E-state index contributed by atoms with van der Waals surface area (Å²) in [5.41, 5.74) is 1.03. The van der Waals surface area contributed by atoms with E-state index in [0.29, 0.717) is 42.1 Å². The van der Waals surface area contributed by atoms with E-state index in [2.05, 4.69) is 25.3 Å². The van der Waals surface area contributed by atoms with Crippen molar-refractivity contribution in [2.24, 2.45) is 39.9 Å². The minimum Gasteiger partial charge on any atom is -0.388 e. The van der Waals surface area contributed by atoms with Gasteiger partial charge in [0.25, 0.3) is 0 Å². The van der Waals surface area contributed by atoms with E-state index in [1.165, 1.54) is 12.8 Å². The average Bonchev–Trinajstić information content (AvgIpc) is 3.17. The van der Waals surface area contributed by atoms with Crippen LogP contribution in [-0.4, -0.2) is 46.8 Å². The second-order valence-corrected chi connectivity index (χ2v) is 10.8. The molecule has 9 rings (SSSR count). The van der Waals surface area contributed by atoms with Crippen LogP contribution in [0.5, 0.6) is 0 Å². The molecule has 4 heterocycles. The summed E-state index contributed by atoms with van der Waals surface area (Å²) in [7, 11) is 0. The molecule has 0 aromatic rings. The van der Waals surface area contributed by atoms with Gasteiger partial charge in [-0.3, -0.25) is 9.69 Å². The highest BCUT2D eigenvalue weighted by Crippen LogP contribution is 2.86. The summed E-state index contributed by atoms with van der Waals surface area (Å²) in [5, 5.41) is 11.4. The van der Waals surface area contributed by atoms with Gasteiger partial charge in [-0.05, 0) is 55.6 Å². The second-order valence-electron chi connectivity index (χ2n) is 10.8. The Morgan fingerprint density at radius 1 is 1.38 bits per heavy atom. The quantitative estimate of drug-likeness (QED) is 0.734. The molecule has 140 valence electrons. The maximum atomic E-state index is 13.0. The molecule has 0 radical (unpaired) electrons. The van der Waals surface area contributed by atoms with E-state index >= 15 is 0 Å². The van der Waals surface area contributed by atoms with Gasteiger partial charge in [-0.1, -0.05) is 20.4 Å². The SMILES string of the molecule is C=C1C2C[C@]3(C1O)C1CC4C5(C6CC[C@@]4(C)C(O6)N(CC)C15)C3CC2=O. The van der Waals surface area contributed by atoms with E-state index in [1.807, 2.05) is 0 Å². The Balaban J connectivity index is 1.52. The number of piperidine rings is 1. The van der Waals surface area contributed by atoms with Gasteiger partial charge in [0.05, 0.1) is 12.2 Å². The fourth-order valence-electron chi connectivity index (χ4n) is 10.3. The zero-order chi connectivity index (χ0) is 17.8. The van der Waals surface area contributed by atoms with Gasteiger partial charge in [0.15, 0.2) is 0 Å². The molecule has 2 spiro atoms. The summed E-state index contributed by atoms with van der Waals surface area (Å²) in [6.07, 6.45) is 5.21. The number of ketones is 1. The van der Waals surface area contributed by atoms with Crippen molar-refractivity contribution in [3.63, 3.8) is 0 Å². The lowest BCUT2D eigenvalue weighted by atomic mass is 9.41. The molecule has 11 atom stereocenters. The Bertz CT molecular complexity index is 779. The van der Waals surface area contributed by atoms with Crippen molar-refractivity contribution in [2.75, 3.05) is 6.54 Å². The number of aliphatic hydroxyl groups excluding tert-OH is 1. The van der Waals surface area contributed by atoms with Crippen LogP contribution in [0.1, 0.15) is 46.0 Å². The molecule has 4 aliphatic heterocycles. The van der Waals surface area contributed by atoms with E-state index < -0.39 is 6.10 Å². The molecule has 9 bridgehead atoms. The standard InChI is InChI=1S/C22H29NO3/c1-4-23-17-12-7-14-20(3)6-5-16(26-19(20)23)22(14,17)15-8-13(24)11-9-21(12,15)18(25)10(11)2/h11-12,14-19,25H,2,4-9H2,1,3H3/t11?,12?,14?,15?,16?,17?,18?,19?,20-,21+,22?/m1/s1. The predicted octanol–water partition coefficient (Wildman–Crippen LogP) is 2.36. The van der Waals surface area contributed by atoms with E-state index in [4.69, 9.17) is 4.74 Å². The topological polar surface area (TPSA) is 49.8 Å². The van der Waals surface area contributed by atoms with Crippen molar-refractivity contribution < 1.29 is 14.6 Å². The molecule has 4 heteroatoms. The number of aliphatic hydroxyl groups is 1. The van der Waals surface area contributed by atoms with E-state index in [9.17, 15) is 9.90 Å². The maximum Gasteiger partial charge on any atom is 0.140 e. The summed E-state index contributed by atoms with van der Waals surface area (Å²) < 4.78 is 6.75. The molecule has 0 amide bonds. The molecule has 5 aliphatic carbocycles. The molecular formula is C22H29NO3. The highest BCUT2D eigenvalue weighted by Gasteiger charge is 2.88. The smallest absolute Gasteiger partial charge is 0.140 e. The Hall–Kier alpha value is -0.710. The largest absolute Gasteiger partial charge is 0.388 e. The number of ether oxygens (including phenoxy) is 1. The van der Waals surface area contributed by atoms with Gasteiger partial charge in [0, 0.05) is 34.6 Å². The zero-order valence-electron chi connectivity index (χ0n) is 15.8. The molecular weight excluding hydrogens is 326 g/mol. The Morgan fingerprint density at radius 3 is 2.96 bits per heavy atom. The van der Waals surface area contributed by atoms with Crippen LogP contribution in [0.25, 0.3) is 0 Å². The third-order valence-electron chi connectivity index (χ3n) is 10.8. The van der Waals surface area contributed by atoms with Crippen molar-refractivity contribution in [1.29, 1.82) is 0 Å². The van der Waals surface area contributed by atoms with Crippen LogP contribution in [0.2, 0.25) is 0 Å². The number of hydrogen-bond acceptors (Lipinski definition) is 4. The third kappa shape index (κ3) is 1.11. The van der Waals surface area contributed by atoms with Crippen LogP contribution >= 0.6 is 0 Å². The summed E-state index contributed by atoms with van der Waals surface area (Å²) in [4.78, 5) is 15.7. The molecule has 1 N–H and O–H groups in total. The lowest BCUT2D eigenvalue weighted by molar-refractivity contribution is -0.370. The first-order valence-electron chi connectivity index (χ1n) is 10.7. The minimum atomic E-state index is -0.487. The van der Waals surface area contributed by atoms with E-state index in [-0.39, 0.29) is 28.4 Å². The van der Waals surface area contributed by atoms with Crippen molar-refractivity contribution in [2.45, 2.75) is 70.4 Å². The first-order chi connectivity index (χ1) is 12.4. The van der Waals surface area contributed by atoms with Gasteiger partial charge in [-0.25, -0.2) is 0 Å². The van der Waals surface area contributed by atoms with Gasteiger partial charge in [0.1, 0.15) is 12.0 Å². The molecule has 26 heavy (non-hydrogen) atoms. The molecule has 5 saturated carbocycles. The number of Topliss-reactive ketones (excluding diaryl/α,β-unsaturated/α-hetero) is 1. The number of hydrogen-bond donors (Lipinski definition) is 1. The number of nitrogens with zero attached hydrogens (tertiary/aromatic N) is 1. The molecule has 4 nitrogen and oxygen atoms in total. The molecule has 9 unspecified atom stereocenters. The Kier molecular flexibility index (Phi) is 2.35. The monoisotopic (exact) mass is 355 g/mol. The highest BCUT2D eigenvalue weighted by molar-refractivity contribution is 5.87. The Morgan fingerprint density at radius 2 is 2.19 bits per heavy atom. The van der Waals surface area contributed by atoms with Crippen molar-refractivity contribution in [1.82, 2.24) is 4.90 Å². The van der Waals surface area contributed by atoms with Crippen molar-refractivity contribution >= 4 is 5.78 Å². The van der Waals surface area contributed by atoms with Crippen LogP contribution in [0.15, 0.2) is 12.2 Å². The molecule has 0 aromatic heterocycles. The number of carbonyl (C=O) groups excluding carboxylic acids is 1. The first kappa shape index (κ1) is 15.2. The Labute approximate surface area is 155 Å². The fraction of sp³-hybridized carbons (Fsp3) is 0.864. The first-order valence-corrected chi connectivity index (χ1v) is 10.7. The predicted molar refractivity (Wildman–Crippen MR) is 95.0 cm³/mol. The molecule has 9 fully saturated rings. The lowest BCUT2D eigenvalue weighted by Gasteiger charge is -2.73. The van der Waals surface area contributed by atoms with Crippen LogP contribution in [0.4, 0.5) is 0 Å². The molecule has 0 aromatic carbocycles. The van der Waals surface area contributed by atoms with Gasteiger partial charge >= 0.3 is 0 Å². The maximum absolute atomic E-state index is 13.0. The highest BCUT2D eigenvalue weighted by atomic mass is 16.5. The average molecular weight is 355 g/mol. The third-order valence-corrected chi connectivity index (χ3v) is 10.8. The van der Waals surface area contributed by atoms with Crippen LogP contribution in [0, 0.1) is 39.9 Å². The van der Waals surface area contributed by atoms with Gasteiger partial charge in [0.2, 0.25) is 0 Å². The normalized spacial score (nSPS) is 66.7. The van der Waals surface area contributed by atoms with Crippen LogP contribution in [0.3, 0.4) is 0 Å². The van der Waals surface area contributed by atoms with Crippen LogP contribution < -0.4 is 0 Å². The van der Waals surface area contributed by atoms with E-state index in [0.717, 1.165) is 25.0 Å². The summed E-state index contributed by atoms with van der Waals surface area (Å²) in [5.74, 6) is 1.74. The number of fused-ring (bicyclic) bond motifs is 2. The summed E-state index contributed by atoms with van der Waals surface area (Å²) in [6.45, 7) is 9.94. The lowest BCUT2D eigenvalue weighted by Crippen LogP contribution is -2.78. The van der Waals surface area contributed by atoms with Gasteiger partial charge < -0.3 is 9.84 Å². The van der Waals surface area contributed by atoms with Crippen molar-refractivity contribution in [3.05, 3.63) is 12.2 Å². The van der Waals surface area contributed by atoms with Gasteiger partial charge in [-0.15, -0.1) is 0 Å². The number of rotatable bonds is 1. The fourth-order valence-corrected chi connectivity index (χ4v) is 10.3. The summed E-state index contributed by atoms with van der Waals surface area (Å²) in [6, 6.07) is 0.506. The second kappa shape index (κ2) is 4.01. The molecule has 4 saturated heterocycles. The van der Waals surface area contributed by atoms with E-state index in [1.54, 1.807) is 0 Å². The van der Waals surface area contributed by atoms with Gasteiger partial charge in [-0.2, -0.15) is 0 Å². The molecule has 9 aliphatic rings. The minimum absolute atomic E-state index is 0.0853. The summed E-state index contributed by atoms with van der Waals surface area (Å²) >= 11 is 0. The van der Waals surface area contributed by atoms with Crippen LogP contribution in [-0.2, 0) is 9.53 Å².